The molecule has 3 aliphatic heterocycles. The Labute approximate surface area is 330 Å². The second-order valence-electron chi connectivity index (χ2n) is 15.8. The van der Waals surface area contributed by atoms with Crippen molar-refractivity contribution in [2.75, 3.05) is 60.6 Å². The summed E-state index contributed by atoms with van der Waals surface area (Å²) in [6.45, 7) is 11.0. The van der Waals surface area contributed by atoms with Crippen LogP contribution in [0, 0.1) is 11.6 Å². The second kappa shape index (κ2) is 15.6. The van der Waals surface area contributed by atoms with Crippen molar-refractivity contribution in [3.8, 4) is 5.75 Å². The number of hydrogen-bond donors (Lipinski definition) is 2. The Morgan fingerprint density at radius 3 is 2.12 bits per heavy atom. The summed E-state index contributed by atoms with van der Waals surface area (Å²) >= 11 is 0. The van der Waals surface area contributed by atoms with Gasteiger partial charge in [0.25, 0.3) is 0 Å². The van der Waals surface area contributed by atoms with E-state index in [4.69, 9.17) is 14.2 Å². The number of benzene rings is 3. The maximum Gasteiger partial charge on any atom is 0.325 e. The highest BCUT2D eigenvalue weighted by Crippen LogP contribution is 2.38. The Hall–Kier alpha value is -5.16. The fraction of sp³-hybridized carbons (Fsp3) is 0.463. The van der Waals surface area contributed by atoms with Crippen LogP contribution in [0.2, 0.25) is 0 Å². The van der Waals surface area contributed by atoms with E-state index in [1.165, 1.54) is 55.1 Å². The highest BCUT2D eigenvalue weighted by atomic mass is 19.1. The summed E-state index contributed by atoms with van der Waals surface area (Å²) in [5.41, 5.74) is -2.14. The van der Waals surface area contributed by atoms with Gasteiger partial charge in [0.05, 0.1) is 25.3 Å². The zero-order valence-electron chi connectivity index (χ0n) is 32.7. The molecule has 57 heavy (non-hydrogen) atoms. The van der Waals surface area contributed by atoms with Crippen molar-refractivity contribution in [1.29, 1.82) is 0 Å². The Morgan fingerprint density at radius 1 is 0.947 bits per heavy atom. The highest BCUT2D eigenvalue weighted by molar-refractivity contribution is 6.03. The molecule has 2 N–H and O–H groups in total. The van der Waals surface area contributed by atoms with E-state index < -0.39 is 46.6 Å². The van der Waals surface area contributed by atoms with E-state index in [1.54, 1.807) is 4.90 Å². The number of nitrogens with zero attached hydrogens (tertiary/aromatic N) is 7. The van der Waals surface area contributed by atoms with Gasteiger partial charge in [-0.15, -0.1) is 0 Å². The van der Waals surface area contributed by atoms with E-state index in [0.29, 0.717) is 11.4 Å². The summed E-state index contributed by atoms with van der Waals surface area (Å²) in [6, 6.07) is 17.3. The molecule has 0 spiro atoms. The SMILES string of the molecule is CC(C)N1C(=O)N(c2ccc(N3CCN(c4ccc(OC[C@H]5OC[C@](Cn6cncn6)(c6ccc(F)cc6F)O5)cc4)CC3)cc2)CC1C(=O)C(C)(O)C(C)(C)O. The van der Waals surface area contributed by atoms with Crippen LogP contribution < -0.4 is 19.4 Å². The molecule has 0 bridgehead atoms. The van der Waals surface area contributed by atoms with Gasteiger partial charge in [0.2, 0.25) is 0 Å². The lowest BCUT2D eigenvalue weighted by Crippen LogP contribution is -2.60. The molecule has 3 fully saturated rings. The van der Waals surface area contributed by atoms with Crippen LogP contribution in [-0.4, -0.2) is 117 Å². The number of halogens is 2. The molecule has 2 unspecified atom stereocenters. The zero-order chi connectivity index (χ0) is 40.7. The number of piperazine rings is 1. The van der Waals surface area contributed by atoms with E-state index in [1.807, 2.05) is 62.4 Å². The van der Waals surface area contributed by atoms with Crippen molar-refractivity contribution in [1.82, 2.24) is 19.7 Å². The predicted molar refractivity (Wildman–Crippen MR) is 207 cm³/mol. The minimum absolute atomic E-state index is 0.00604. The minimum atomic E-state index is -2.05. The third-order valence-corrected chi connectivity index (χ3v) is 11.2. The number of aromatic nitrogens is 3. The van der Waals surface area contributed by atoms with Crippen LogP contribution in [0.5, 0.6) is 5.75 Å². The number of carbonyl (C=O) groups is 2. The van der Waals surface area contributed by atoms with Gasteiger partial charge in [-0.1, -0.05) is 6.07 Å². The zero-order valence-corrected chi connectivity index (χ0v) is 32.7. The molecule has 1 aromatic heterocycles. The smallest absolute Gasteiger partial charge is 0.325 e. The third kappa shape index (κ3) is 8.04. The molecule has 304 valence electrons. The Kier molecular flexibility index (Phi) is 11.0. The van der Waals surface area contributed by atoms with Crippen LogP contribution in [0.1, 0.15) is 40.2 Å². The Bertz CT molecular complexity index is 2040. The van der Waals surface area contributed by atoms with Gasteiger partial charge in [-0.25, -0.2) is 23.2 Å². The third-order valence-electron chi connectivity index (χ3n) is 11.2. The van der Waals surface area contributed by atoms with Crippen molar-refractivity contribution < 1.29 is 42.8 Å². The number of aliphatic hydroxyl groups is 2. The molecule has 3 aromatic carbocycles. The molecule has 4 atom stereocenters. The van der Waals surface area contributed by atoms with Crippen molar-refractivity contribution >= 4 is 28.9 Å². The fourth-order valence-corrected chi connectivity index (χ4v) is 7.60. The van der Waals surface area contributed by atoms with Gasteiger partial charge in [0.1, 0.15) is 53.9 Å². The number of rotatable bonds is 13. The first kappa shape index (κ1) is 40.1. The van der Waals surface area contributed by atoms with Crippen molar-refractivity contribution in [3.63, 3.8) is 0 Å². The van der Waals surface area contributed by atoms with Crippen LogP contribution in [0.25, 0.3) is 0 Å². The molecule has 4 heterocycles. The van der Waals surface area contributed by atoms with Crippen molar-refractivity contribution in [3.05, 3.63) is 96.6 Å². The molecule has 3 aliphatic rings. The predicted octanol–water partition coefficient (Wildman–Crippen LogP) is 4.34. The Morgan fingerprint density at radius 2 is 1.56 bits per heavy atom. The first-order chi connectivity index (χ1) is 27.1. The van der Waals surface area contributed by atoms with Gasteiger partial charge in [0.15, 0.2) is 12.1 Å². The number of hydrogen-bond acceptors (Lipinski definition) is 11. The van der Waals surface area contributed by atoms with Gasteiger partial charge in [0, 0.05) is 60.9 Å². The molecular weight excluding hydrogens is 740 g/mol. The van der Waals surface area contributed by atoms with Crippen molar-refractivity contribution in [2.45, 2.75) is 76.3 Å². The molecule has 2 amide bonds. The molecule has 14 nitrogen and oxygen atoms in total. The van der Waals surface area contributed by atoms with Gasteiger partial charge in [-0.3, -0.25) is 9.69 Å². The summed E-state index contributed by atoms with van der Waals surface area (Å²) in [6.07, 6.45) is 2.05. The van der Waals surface area contributed by atoms with Gasteiger partial charge < -0.3 is 39.1 Å². The monoisotopic (exact) mass is 789 g/mol. The molecule has 0 radical (unpaired) electrons. The number of anilines is 3. The molecule has 3 saturated heterocycles. The lowest BCUT2D eigenvalue weighted by Gasteiger charge is -2.38. The average Bonchev–Trinajstić information content (AvgIpc) is 3.93. The van der Waals surface area contributed by atoms with Gasteiger partial charge >= 0.3 is 6.03 Å². The van der Waals surface area contributed by atoms with Crippen LogP contribution in [0.4, 0.5) is 30.6 Å². The standard InChI is InChI=1S/C41H49F2N7O7/c1-27(2)50-35(37(51)40(5,54)39(3,4)53)21-49(38(50)52)31-9-7-29(8-10-31)46-16-18-47(19-17-46)30-11-13-32(14-12-30)55-22-36-56-24-41(57-36,23-48-26-44-25-45-48)33-15-6-28(42)20-34(33)43/h6-15,20,25-27,35-36,53-54H,16-19,21-24H2,1-5H3/t35?,36-,40?,41+/m0/s1. The molecule has 4 aromatic rings. The number of urea groups is 1. The first-order valence-corrected chi connectivity index (χ1v) is 19.1. The molecule has 7 rings (SSSR count). The number of Topliss-reactive ketones (excluding diaryl/α,β-unsaturated/α-hetero) is 1. The van der Waals surface area contributed by atoms with E-state index in [9.17, 15) is 28.6 Å². The highest BCUT2D eigenvalue weighted by Gasteiger charge is 2.53. The van der Waals surface area contributed by atoms with Crippen molar-refractivity contribution in [2.24, 2.45) is 0 Å². The maximum atomic E-state index is 15.0. The quantitative estimate of drug-likeness (QED) is 0.200. The van der Waals surface area contributed by atoms with E-state index in [0.717, 1.165) is 43.6 Å². The second-order valence-corrected chi connectivity index (χ2v) is 15.8. The average molecular weight is 790 g/mol. The summed E-state index contributed by atoms with van der Waals surface area (Å²) in [4.78, 5) is 38.6. The first-order valence-electron chi connectivity index (χ1n) is 19.1. The molecule has 0 aliphatic carbocycles. The summed E-state index contributed by atoms with van der Waals surface area (Å²) in [5, 5.41) is 25.6. The molecular formula is C41H49F2N7O7. The fourth-order valence-electron chi connectivity index (χ4n) is 7.60. The van der Waals surface area contributed by atoms with Crippen LogP contribution in [0.15, 0.2) is 79.4 Å². The lowest BCUT2D eigenvalue weighted by molar-refractivity contribution is -0.165. The summed E-state index contributed by atoms with van der Waals surface area (Å²) in [5.74, 6) is -1.42. The largest absolute Gasteiger partial charge is 0.488 e. The van der Waals surface area contributed by atoms with E-state index in [-0.39, 0.29) is 43.9 Å². The van der Waals surface area contributed by atoms with Crippen LogP contribution in [0.3, 0.4) is 0 Å². The number of carbonyl (C=O) groups excluding carboxylic acids is 2. The van der Waals surface area contributed by atoms with E-state index in [2.05, 4.69) is 19.9 Å². The van der Waals surface area contributed by atoms with E-state index >= 15 is 0 Å². The topological polar surface area (TPSA) is 146 Å². The van der Waals surface area contributed by atoms with Crippen LogP contribution in [-0.2, 0) is 26.4 Å². The molecule has 16 heteroatoms. The Balaban J connectivity index is 0.923. The summed E-state index contributed by atoms with van der Waals surface area (Å²) in [7, 11) is 0. The minimum Gasteiger partial charge on any atom is -0.488 e. The van der Waals surface area contributed by atoms with Gasteiger partial charge in [-0.05, 0) is 89.2 Å². The normalized spacial score (nSPS) is 22.7. The molecule has 0 saturated carbocycles. The number of ether oxygens (including phenoxy) is 3. The number of ketones is 1. The lowest BCUT2D eigenvalue weighted by atomic mass is 9.81. The van der Waals surface area contributed by atoms with Gasteiger partial charge in [-0.2, -0.15) is 5.10 Å². The summed E-state index contributed by atoms with van der Waals surface area (Å²) < 4.78 is 48.3. The van der Waals surface area contributed by atoms with Crippen LogP contribution >= 0.6 is 0 Å². The number of amides is 2. The maximum absolute atomic E-state index is 15.0.